The van der Waals surface area contributed by atoms with Crippen molar-refractivity contribution in [3.05, 3.63) is 53.3 Å². The van der Waals surface area contributed by atoms with Gasteiger partial charge in [-0.2, -0.15) is 0 Å². The first kappa shape index (κ1) is 12.3. The van der Waals surface area contributed by atoms with E-state index in [9.17, 15) is 13.2 Å². The van der Waals surface area contributed by atoms with E-state index in [1.54, 1.807) is 6.92 Å². The van der Waals surface area contributed by atoms with E-state index in [0.29, 0.717) is 11.6 Å². The molecular weight excluding hydrogens is 243 g/mol. The predicted octanol–water partition coefficient (Wildman–Crippen LogP) is 3.79. The molecule has 2 aromatic carbocycles. The van der Waals surface area contributed by atoms with Gasteiger partial charge in [0.25, 0.3) is 0 Å². The third kappa shape index (κ3) is 2.40. The molecule has 2 N–H and O–H groups in total. The Morgan fingerprint density at radius 2 is 1.72 bits per heavy atom. The summed E-state index contributed by atoms with van der Waals surface area (Å²) in [5, 5.41) is 0. The number of benzene rings is 2. The lowest BCUT2D eigenvalue weighted by Crippen LogP contribution is -1.97. The van der Waals surface area contributed by atoms with Crippen LogP contribution in [0.2, 0.25) is 0 Å². The molecule has 0 saturated carbocycles. The number of nitrogens with two attached hydrogens (primary N) is 1. The van der Waals surface area contributed by atoms with Crippen molar-refractivity contribution < 1.29 is 17.9 Å². The summed E-state index contributed by atoms with van der Waals surface area (Å²) in [6, 6.07) is 5.70. The molecule has 0 bridgehead atoms. The Bertz CT molecular complexity index is 599. The highest BCUT2D eigenvalue weighted by molar-refractivity contribution is 5.55. The molecule has 2 rings (SSSR count). The van der Waals surface area contributed by atoms with E-state index in [-0.39, 0.29) is 17.2 Å². The molecule has 0 fully saturated rings. The van der Waals surface area contributed by atoms with Gasteiger partial charge in [-0.25, -0.2) is 13.2 Å². The van der Waals surface area contributed by atoms with Crippen LogP contribution in [0.25, 0.3) is 0 Å². The molecule has 2 aromatic rings. The van der Waals surface area contributed by atoms with Gasteiger partial charge in [0.2, 0.25) is 0 Å². The summed E-state index contributed by atoms with van der Waals surface area (Å²) < 4.78 is 44.6. The van der Waals surface area contributed by atoms with Gasteiger partial charge in [0, 0.05) is 18.2 Å². The number of anilines is 1. The third-order valence-corrected chi connectivity index (χ3v) is 2.43. The SMILES string of the molecule is Cc1ccc(Oc2cc(F)cc(F)c2N)cc1F. The molecule has 0 amide bonds. The van der Waals surface area contributed by atoms with Crippen molar-refractivity contribution in [2.24, 2.45) is 0 Å². The third-order valence-electron chi connectivity index (χ3n) is 2.43. The number of rotatable bonds is 2. The summed E-state index contributed by atoms with van der Waals surface area (Å²) in [5.41, 5.74) is 5.53. The van der Waals surface area contributed by atoms with Crippen LogP contribution in [-0.2, 0) is 0 Å². The number of aryl methyl sites for hydroxylation is 1. The zero-order valence-corrected chi connectivity index (χ0v) is 9.51. The number of hydrogen-bond acceptors (Lipinski definition) is 2. The molecule has 0 aromatic heterocycles. The van der Waals surface area contributed by atoms with E-state index in [1.165, 1.54) is 12.1 Å². The van der Waals surface area contributed by atoms with Crippen molar-refractivity contribution >= 4 is 5.69 Å². The highest BCUT2D eigenvalue weighted by Gasteiger charge is 2.11. The highest BCUT2D eigenvalue weighted by atomic mass is 19.1. The van der Waals surface area contributed by atoms with Gasteiger partial charge in [-0.15, -0.1) is 0 Å². The molecule has 0 unspecified atom stereocenters. The Labute approximate surface area is 102 Å². The van der Waals surface area contributed by atoms with Crippen molar-refractivity contribution in [1.29, 1.82) is 0 Å². The van der Waals surface area contributed by atoms with Crippen molar-refractivity contribution in [3.63, 3.8) is 0 Å². The maximum atomic E-state index is 13.3. The Balaban J connectivity index is 2.36. The van der Waals surface area contributed by atoms with Crippen molar-refractivity contribution in [3.8, 4) is 11.5 Å². The molecule has 0 atom stereocenters. The zero-order chi connectivity index (χ0) is 13.3. The molecule has 0 aliphatic rings. The fourth-order valence-electron chi connectivity index (χ4n) is 1.41. The van der Waals surface area contributed by atoms with Crippen LogP contribution in [0.1, 0.15) is 5.56 Å². The fraction of sp³-hybridized carbons (Fsp3) is 0.0769. The van der Waals surface area contributed by atoms with Gasteiger partial charge in [0.05, 0.1) is 0 Å². The second-order valence-corrected chi connectivity index (χ2v) is 3.81. The lowest BCUT2D eigenvalue weighted by Gasteiger charge is -2.09. The van der Waals surface area contributed by atoms with E-state index < -0.39 is 17.5 Å². The highest BCUT2D eigenvalue weighted by Crippen LogP contribution is 2.31. The van der Waals surface area contributed by atoms with Crippen LogP contribution in [0.3, 0.4) is 0 Å². The first-order valence-electron chi connectivity index (χ1n) is 5.16. The number of ether oxygens (including phenoxy) is 1. The lowest BCUT2D eigenvalue weighted by molar-refractivity contribution is 0.466. The normalized spacial score (nSPS) is 10.4. The van der Waals surface area contributed by atoms with Crippen LogP contribution in [0.4, 0.5) is 18.9 Å². The second kappa shape index (κ2) is 4.60. The average Bonchev–Trinajstić information content (AvgIpc) is 2.30. The van der Waals surface area contributed by atoms with Crippen LogP contribution in [0.15, 0.2) is 30.3 Å². The Morgan fingerprint density at radius 3 is 2.39 bits per heavy atom. The Morgan fingerprint density at radius 1 is 1.00 bits per heavy atom. The van der Waals surface area contributed by atoms with E-state index in [1.807, 2.05) is 0 Å². The maximum absolute atomic E-state index is 13.3. The first-order chi connectivity index (χ1) is 8.47. The second-order valence-electron chi connectivity index (χ2n) is 3.81. The molecule has 5 heteroatoms. The molecule has 18 heavy (non-hydrogen) atoms. The minimum Gasteiger partial charge on any atom is -0.455 e. The minimum absolute atomic E-state index is 0.120. The average molecular weight is 253 g/mol. The summed E-state index contributed by atoms with van der Waals surface area (Å²) in [6.07, 6.45) is 0. The molecular formula is C13H10F3NO. The summed E-state index contributed by atoms with van der Waals surface area (Å²) in [4.78, 5) is 0. The summed E-state index contributed by atoms with van der Waals surface area (Å²) >= 11 is 0. The smallest absolute Gasteiger partial charge is 0.156 e. The number of nitrogen functional groups attached to an aromatic ring is 1. The molecule has 0 heterocycles. The number of hydrogen-bond donors (Lipinski definition) is 1. The fourth-order valence-corrected chi connectivity index (χ4v) is 1.41. The van der Waals surface area contributed by atoms with Crippen LogP contribution < -0.4 is 10.5 Å². The first-order valence-corrected chi connectivity index (χ1v) is 5.16. The summed E-state index contributed by atoms with van der Waals surface area (Å²) in [5.74, 6) is -2.27. The Kier molecular flexibility index (Phi) is 3.14. The van der Waals surface area contributed by atoms with E-state index in [0.717, 1.165) is 12.1 Å². The Hall–Kier alpha value is -2.17. The monoisotopic (exact) mass is 253 g/mol. The quantitative estimate of drug-likeness (QED) is 0.826. The molecule has 2 nitrogen and oxygen atoms in total. The van der Waals surface area contributed by atoms with Gasteiger partial charge < -0.3 is 10.5 Å². The largest absolute Gasteiger partial charge is 0.455 e. The van der Waals surface area contributed by atoms with Crippen molar-refractivity contribution in [1.82, 2.24) is 0 Å². The number of halogens is 3. The van der Waals surface area contributed by atoms with E-state index in [2.05, 4.69) is 0 Å². The molecule has 0 radical (unpaired) electrons. The standard InChI is InChI=1S/C13H10F3NO/c1-7-2-3-9(6-10(7)15)18-12-5-8(14)4-11(16)13(12)17/h2-6H,17H2,1H3. The van der Waals surface area contributed by atoms with Gasteiger partial charge in [0.1, 0.15) is 23.1 Å². The van der Waals surface area contributed by atoms with Gasteiger partial charge >= 0.3 is 0 Å². The summed E-state index contributed by atoms with van der Waals surface area (Å²) in [6.45, 7) is 1.59. The van der Waals surface area contributed by atoms with Crippen LogP contribution in [-0.4, -0.2) is 0 Å². The van der Waals surface area contributed by atoms with Gasteiger partial charge in [-0.05, 0) is 18.6 Å². The minimum atomic E-state index is -0.919. The van der Waals surface area contributed by atoms with Crippen molar-refractivity contribution in [2.45, 2.75) is 6.92 Å². The van der Waals surface area contributed by atoms with E-state index >= 15 is 0 Å². The molecule has 0 spiro atoms. The van der Waals surface area contributed by atoms with Crippen LogP contribution in [0, 0.1) is 24.4 Å². The van der Waals surface area contributed by atoms with Crippen molar-refractivity contribution in [2.75, 3.05) is 5.73 Å². The summed E-state index contributed by atoms with van der Waals surface area (Å²) in [7, 11) is 0. The van der Waals surface area contributed by atoms with Gasteiger partial charge in [0.15, 0.2) is 11.6 Å². The van der Waals surface area contributed by atoms with Crippen LogP contribution >= 0.6 is 0 Å². The topological polar surface area (TPSA) is 35.2 Å². The van der Waals surface area contributed by atoms with Gasteiger partial charge in [-0.3, -0.25) is 0 Å². The van der Waals surface area contributed by atoms with Crippen LogP contribution in [0.5, 0.6) is 11.5 Å². The van der Waals surface area contributed by atoms with Gasteiger partial charge in [-0.1, -0.05) is 6.07 Å². The predicted molar refractivity (Wildman–Crippen MR) is 62.0 cm³/mol. The molecule has 0 aliphatic heterocycles. The maximum Gasteiger partial charge on any atom is 0.156 e. The molecule has 94 valence electrons. The zero-order valence-electron chi connectivity index (χ0n) is 9.51. The lowest BCUT2D eigenvalue weighted by atomic mass is 10.2. The molecule has 0 aliphatic carbocycles. The van der Waals surface area contributed by atoms with E-state index in [4.69, 9.17) is 10.5 Å². The molecule has 0 saturated heterocycles.